The number of carbonyl (C=O) groups excluding carboxylic acids is 2. The second-order valence-electron chi connectivity index (χ2n) is 15.3. The molecule has 0 rings (SSSR count). The van der Waals surface area contributed by atoms with Crippen molar-refractivity contribution in [3.8, 4) is 0 Å². The summed E-state index contributed by atoms with van der Waals surface area (Å²) in [6.07, 6.45) is 24.1. The second-order valence-corrected chi connectivity index (χ2v) is 16.7. The van der Waals surface area contributed by atoms with Gasteiger partial charge in [-0.05, 0) is 38.5 Å². The number of phosphoric acid groups is 1. The SMILES string of the molecule is CCCCC/C=C\C[C@@H](O)[C@H](O)CCCCCCCC(=O)OC[C@H](COP(=O)([O-])OCC[N+](C)(C)C)OC(=O)CCCCCCCCCCCCC. The molecule has 52 heavy (non-hydrogen) atoms. The van der Waals surface area contributed by atoms with Crippen molar-refractivity contribution < 1.29 is 52.3 Å². The van der Waals surface area contributed by atoms with Crippen LogP contribution >= 0.6 is 7.82 Å². The molecule has 0 heterocycles. The van der Waals surface area contributed by atoms with E-state index in [4.69, 9.17) is 18.5 Å². The summed E-state index contributed by atoms with van der Waals surface area (Å²) < 4.78 is 33.7. The average Bonchev–Trinajstić information content (AvgIpc) is 3.08. The molecular formula is C40H78NO10P. The number of unbranched alkanes of at least 4 members (excludes halogenated alkanes) is 17. The topological polar surface area (TPSA) is 152 Å². The molecule has 0 aromatic carbocycles. The number of nitrogens with zero attached hydrogens (tertiary/aromatic N) is 1. The largest absolute Gasteiger partial charge is 0.756 e. The molecule has 0 radical (unpaired) electrons. The minimum absolute atomic E-state index is 0.0536. The lowest BCUT2D eigenvalue weighted by Crippen LogP contribution is -2.37. The van der Waals surface area contributed by atoms with Gasteiger partial charge in [0.1, 0.15) is 19.8 Å². The lowest BCUT2D eigenvalue weighted by Gasteiger charge is -2.28. The predicted octanol–water partition coefficient (Wildman–Crippen LogP) is 8.33. The number of hydrogen-bond donors (Lipinski definition) is 2. The fourth-order valence-electron chi connectivity index (χ4n) is 5.56. The zero-order chi connectivity index (χ0) is 38.9. The van der Waals surface area contributed by atoms with Gasteiger partial charge in [0.25, 0.3) is 7.82 Å². The smallest absolute Gasteiger partial charge is 0.306 e. The quantitative estimate of drug-likeness (QED) is 0.0208. The molecule has 0 bridgehead atoms. The molecule has 0 amide bonds. The maximum absolute atomic E-state index is 12.6. The van der Waals surface area contributed by atoms with E-state index < -0.39 is 44.7 Å². The number of likely N-dealkylation sites (N-methyl/N-ethyl adjacent to an activating group) is 1. The third-order valence-corrected chi connectivity index (χ3v) is 9.95. The lowest BCUT2D eigenvalue weighted by molar-refractivity contribution is -0.870. The summed E-state index contributed by atoms with van der Waals surface area (Å²) in [5.41, 5.74) is 0. The van der Waals surface area contributed by atoms with Gasteiger partial charge in [0.05, 0.1) is 40.0 Å². The first-order chi connectivity index (χ1) is 24.8. The van der Waals surface area contributed by atoms with Gasteiger partial charge in [-0.1, -0.05) is 129 Å². The first-order valence-corrected chi connectivity index (χ1v) is 22.0. The van der Waals surface area contributed by atoms with Gasteiger partial charge in [-0.15, -0.1) is 0 Å². The Hall–Kier alpha value is -1.33. The molecule has 0 aliphatic heterocycles. The first-order valence-electron chi connectivity index (χ1n) is 20.6. The van der Waals surface area contributed by atoms with Crippen LogP contribution in [-0.2, 0) is 32.7 Å². The van der Waals surface area contributed by atoms with Gasteiger partial charge >= 0.3 is 11.9 Å². The summed E-state index contributed by atoms with van der Waals surface area (Å²) in [6.45, 7) is 3.97. The van der Waals surface area contributed by atoms with E-state index >= 15 is 0 Å². The normalized spacial score (nSPS) is 15.0. The Balaban J connectivity index is 4.49. The van der Waals surface area contributed by atoms with E-state index in [2.05, 4.69) is 19.9 Å². The molecule has 308 valence electrons. The monoisotopic (exact) mass is 764 g/mol. The summed E-state index contributed by atoms with van der Waals surface area (Å²) in [5.74, 6) is -0.944. The molecule has 4 atom stereocenters. The Labute approximate surface area is 317 Å². The molecule has 0 aliphatic rings. The maximum atomic E-state index is 12.6. The molecule has 0 fully saturated rings. The highest BCUT2D eigenvalue weighted by molar-refractivity contribution is 7.45. The fourth-order valence-corrected chi connectivity index (χ4v) is 6.29. The number of aliphatic hydroxyl groups excluding tert-OH is 2. The molecule has 0 aromatic heterocycles. The molecule has 2 N–H and O–H groups in total. The van der Waals surface area contributed by atoms with Crippen molar-refractivity contribution in [2.45, 2.75) is 186 Å². The number of esters is 2. The number of aliphatic hydroxyl groups is 2. The first kappa shape index (κ1) is 50.7. The molecule has 12 heteroatoms. The van der Waals surface area contributed by atoms with E-state index in [-0.39, 0.29) is 26.1 Å². The van der Waals surface area contributed by atoms with Crippen molar-refractivity contribution >= 4 is 19.8 Å². The third kappa shape index (κ3) is 34.4. The fraction of sp³-hybridized carbons (Fsp3) is 0.900. The Kier molecular flexibility index (Phi) is 32.2. The highest BCUT2D eigenvalue weighted by atomic mass is 31.2. The molecule has 1 unspecified atom stereocenters. The number of rotatable bonds is 37. The number of quaternary nitrogens is 1. The Morgan fingerprint density at radius 2 is 1.19 bits per heavy atom. The molecule has 0 aromatic rings. The van der Waals surface area contributed by atoms with Crippen LogP contribution < -0.4 is 4.89 Å². The molecule has 0 saturated carbocycles. The average molecular weight is 764 g/mol. The molecule has 11 nitrogen and oxygen atoms in total. The summed E-state index contributed by atoms with van der Waals surface area (Å²) in [7, 11) is 1.08. The van der Waals surface area contributed by atoms with Gasteiger partial charge in [0.15, 0.2) is 6.10 Å². The number of phosphoric ester groups is 1. The van der Waals surface area contributed by atoms with Crippen molar-refractivity contribution in [1.82, 2.24) is 0 Å². The zero-order valence-electron chi connectivity index (χ0n) is 33.7. The van der Waals surface area contributed by atoms with Crippen molar-refractivity contribution in [3.63, 3.8) is 0 Å². The van der Waals surface area contributed by atoms with Gasteiger partial charge in [-0.3, -0.25) is 14.2 Å². The van der Waals surface area contributed by atoms with Crippen molar-refractivity contribution in [1.29, 1.82) is 0 Å². The summed E-state index contributed by atoms with van der Waals surface area (Å²) >= 11 is 0. The second kappa shape index (κ2) is 33.0. The highest BCUT2D eigenvalue weighted by Gasteiger charge is 2.22. The van der Waals surface area contributed by atoms with E-state index in [1.54, 1.807) is 0 Å². The van der Waals surface area contributed by atoms with Gasteiger partial charge in [-0.2, -0.15) is 0 Å². The summed E-state index contributed by atoms with van der Waals surface area (Å²) in [4.78, 5) is 37.4. The Morgan fingerprint density at radius 3 is 1.77 bits per heavy atom. The van der Waals surface area contributed by atoms with Gasteiger partial charge < -0.3 is 38.1 Å². The van der Waals surface area contributed by atoms with Gasteiger partial charge in [0, 0.05) is 12.8 Å². The van der Waals surface area contributed by atoms with Crippen LogP contribution in [0, 0.1) is 0 Å². The van der Waals surface area contributed by atoms with Crippen LogP contribution in [0.15, 0.2) is 12.2 Å². The van der Waals surface area contributed by atoms with Crippen molar-refractivity contribution in [2.75, 3.05) is 47.5 Å². The van der Waals surface area contributed by atoms with Gasteiger partial charge in [0.2, 0.25) is 0 Å². The number of hydrogen-bond acceptors (Lipinski definition) is 10. The zero-order valence-corrected chi connectivity index (χ0v) is 34.6. The number of allylic oxidation sites excluding steroid dienone is 1. The van der Waals surface area contributed by atoms with Crippen LogP contribution in [0.3, 0.4) is 0 Å². The molecule has 0 spiro atoms. The van der Waals surface area contributed by atoms with E-state index in [0.29, 0.717) is 36.7 Å². The number of ether oxygens (including phenoxy) is 2. The molecular weight excluding hydrogens is 685 g/mol. The third-order valence-electron chi connectivity index (χ3n) is 8.99. The van der Waals surface area contributed by atoms with Crippen LogP contribution in [0.25, 0.3) is 0 Å². The van der Waals surface area contributed by atoms with Crippen LogP contribution in [-0.4, -0.2) is 92.5 Å². The van der Waals surface area contributed by atoms with Crippen LogP contribution in [0.2, 0.25) is 0 Å². The van der Waals surface area contributed by atoms with E-state index in [1.165, 1.54) is 57.8 Å². The predicted molar refractivity (Wildman–Crippen MR) is 207 cm³/mol. The minimum atomic E-state index is -4.65. The van der Waals surface area contributed by atoms with Crippen molar-refractivity contribution in [3.05, 3.63) is 12.2 Å². The minimum Gasteiger partial charge on any atom is -0.756 e. The standard InChI is InChI=1S/C40H78NO10P/c1-6-8-10-12-14-15-16-17-18-22-27-31-40(45)51-36(35-50-52(46,47)49-33-32-41(3,4)5)34-48-39(44)30-26-23-19-21-25-29-38(43)37(42)28-24-20-13-11-9-7-2/h20,24,36-38,42-43H,6-19,21-23,25-35H2,1-5H3/b24-20-/t36-,37-,38-/m1/s1. The lowest BCUT2D eigenvalue weighted by atomic mass is 10.0. The van der Waals surface area contributed by atoms with Crippen LogP contribution in [0.5, 0.6) is 0 Å². The molecule has 0 aliphatic carbocycles. The van der Waals surface area contributed by atoms with E-state index in [9.17, 15) is 29.3 Å². The van der Waals surface area contributed by atoms with Gasteiger partial charge in [-0.25, -0.2) is 0 Å². The Bertz CT molecular complexity index is 942. The molecule has 0 saturated heterocycles. The summed E-state index contributed by atoms with van der Waals surface area (Å²) in [5, 5.41) is 20.4. The van der Waals surface area contributed by atoms with E-state index in [0.717, 1.165) is 57.8 Å². The summed E-state index contributed by atoms with van der Waals surface area (Å²) in [6, 6.07) is 0. The van der Waals surface area contributed by atoms with Crippen LogP contribution in [0.4, 0.5) is 0 Å². The van der Waals surface area contributed by atoms with E-state index in [1.807, 2.05) is 27.2 Å². The maximum Gasteiger partial charge on any atom is 0.306 e. The van der Waals surface area contributed by atoms with Crippen molar-refractivity contribution in [2.24, 2.45) is 0 Å². The van der Waals surface area contributed by atoms with Crippen LogP contribution in [0.1, 0.15) is 168 Å². The number of carbonyl (C=O) groups is 2. The Morgan fingerprint density at radius 1 is 0.673 bits per heavy atom. The highest BCUT2D eigenvalue weighted by Crippen LogP contribution is 2.38.